The molecule has 0 aliphatic heterocycles. The third-order valence-corrected chi connectivity index (χ3v) is 4.99. The molecular weight excluding hydrogens is 266 g/mol. The van der Waals surface area contributed by atoms with Gasteiger partial charge < -0.3 is 10.4 Å². The monoisotopic (exact) mass is 295 g/mol. The maximum absolute atomic E-state index is 9.34. The summed E-state index contributed by atoms with van der Waals surface area (Å²) in [5, 5.41) is 13.2. The second kappa shape index (κ2) is 7.48. The molecular formula is C17H29NOS. The Hall–Kier alpha value is -0.510. The normalized spacial score (nSPS) is 16.8. The summed E-state index contributed by atoms with van der Waals surface area (Å²) in [5.74, 6) is 0. The van der Waals surface area contributed by atoms with Crippen molar-refractivity contribution in [2.24, 2.45) is 0 Å². The highest BCUT2D eigenvalue weighted by molar-refractivity contribution is 7.99. The standard InChI is InChI=1S/C17H29NOS/c1-12(18-13(2)16(11-19)20-6)14-7-9-15(10-8-14)17(3,4)5/h7-10,12-13,16,18-19H,11H2,1-6H3. The molecule has 20 heavy (non-hydrogen) atoms. The molecule has 0 aromatic heterocycles. The van der Waals surface area contributed by atoms with E-state index in [2.05, 4.69) is 64.2 Å². The molecule has 3 heteroatoms. The summed E-state index contributed by atoms with van der Waals surface area (Å²) in [6.45, 7) is 11.2. The minimum absolute atomic E-state index is 0.198. The van der Waals surface area contributed by atoms with E-state index in [1.807, 2.05) is 6.26 Å². The fourth-order valence-corrected chi connectivity index (χ4v) is 2.94. The first-order valence-electron chi connectivity index (χ1n) is 7.29. The first kappa shape index (κ1) is 17.5. The van der Waals surface area contributed by atoms with Crippen LogP contribution in [0.4, 0.5) is 0 Å². The van der Waals surface area contributed by atoms with E-state index in [1.54, 1.807) is 11.8 Å². The van der Waals surface area contributed by atoms with Crippen molar-refractivity contribution in [3.63, 3.8) is 0 Å². The molecule has 0 heterocycles. The minimum atomic E-state index is 0.198. The van der Waals surface area contributed by atoms with E-state index in [1.165, 1.54) is 11.1 Å². The summed E-state index contributed by atoms with van der Waals surface area (Å²) < 4.78 is 0. The average molecular weight is 295 g/mol. The van der Waals surface area contributed by atoms with E-state index in [4.69, 9.17) is 0 Å². The summed E-state index contributed by atoms with van der Waals surface area (Å²) >= 11 is 1.71. The van der Waals surface area contributed by atoms with Crippen LogP contribution in [0.2, 0.25) is 0 Å². The predicted octanol–water partition coefficient (Wildman–Crippen LogP) is 3.75. The first-order chi connectivity index (χ1) is 9.29. The van der Waals surface area contributed by atoms with Gasteiger partial charge in [0.05, 0.1) is 6.61 Å². The molecule has 114 valence electrons. The number of thioether (sulfide) groups is 1. The van der Waals surface area contributed by atoms with Crippen LogP contribution in [0, 0.1) is 0 Å². The number of nitrogens with one attached hydrogen (secondary N) is 1. The molecule has 1 aromatic carbocycles. The largest absolute Gasteiger partial charge is 0.395 e. The van der Waals surface area contributed by atoms with Crippen LogP contribution in [-0.4, -0.2) is 29.3 Å². The van der Waals surface area contributed by atoms with Crippen LogP contribution in [0.15, 0.2) is 24.3 Å². The van der Waals surface area contributed by atoms with Crippen LogP contribution in [0.5, 0.6) is 0 Å². The Morgan fingerprint density at radius 3 is 2.10 bits per heavy atom. The molecule has 0 amide bonds. The molecule has 1 aromatic rings. The zero-order valence-electron chi connectivity index (χ0n) is 13.6. The van der Waals surface area contributed by atoms with Crippen molar-refractivity contribution in [1.29, 1.82) is 0 Å². The van der Waals surface area contributed by atoms with Crippen LogP contribution in [0.3, 0.4) is 0 Å². The molecule has 1 rings (SSSR count). The van der Waals surface area contributed by atoms with Gasteiger partial charge in [-0.2, -0.15) is 11.8 Å². The number of hydrogen-bond donors (Lipinski definition) is 2. The smallest absolute Gasteiger partial charge is 0.0564 e. The van der Waals surface area contributed by atoms with Crippen molar-refractivity contribution in [3.8, 4) is 0 Å². The molecule has 0 fully saturated rings. The van der Waals surface area contributed by atoms with Gasteiger partial charge in [-0.3, -0.25) is 0 Å². The van der Waals surface area contributed by atoms with Gasteiger partial charge in [0.1, 0.15) is 0 Å². The van der Waals surface area contributed by atoms with E-state index < -0.39 is 0 Å². The van der Waals surface area contributed by atoms with Crippen molar-refractivity contribution in [2.75, 3.05) is 12.9 Å². The predicted molar refractivity (Wildman–Crippen MR) is 90.5 cm³/mol. The molecule has 3 unspecified atom stereocenters. The molecule has 3 atom stereocenters. The Morgan fingerprint density at radius 1 is 1.15 bits per heavy atom. The summed E-state index contributed by atoms with van der Waals surface area (Å²) in [5.41, 5.74) is 2.85. The highest BCUT2D eigenvalue weighted by Gasteiger charge is 2.18. The quantitative estimate of drug-likeness (QED) is 0.838. The number of aliphatic hydroxyl groups is 1. The second-order valence-corrected chi connectivity index (χ2v) is 7.58. The molecule has 0 saturated heterocycles. The topological polar surface area (TPSA) is 32.3 Å². The van der Waals surface area contributed by atoms with Gasteiger partial charge in [0.2, 0.25) is 0 Å². The van der Waals surface area contributed by atoms with Gasteiger partial charge in [-0.05, 0) is 36.6 Å². The fraction of sp³-hybridized carbons (Fsp3) is 0.647. The molecule has 0 aliphatic carbocycles. The number of aliphatic hydroxyl groups excluding tert-OH is 1. The Balaban J connectivity index is 2.71. The SMILES string of the molecule is CSC(CO)C(C)NC(C)c1ccc(C(C)(C)C)cc1. The molecule has 0 aliphatic rings. The van der Waals surface area contributed by atoms with Crippen molar-refractivity contribution in [1.82, 2.24) is 5.32 Å². The highest BCUT2D eigenvalue weighted by Crippen LogP contribution is 2.24. The number of rotatable bonds is 6. The average Bonchev–Trinajstić information content (AvgIpc) is 2.39. The van der Waals surface area contributed by atoms with Crippen molar-refractivity contribution >= 4 is 11.8 Å². The van der Waals surface area contributed by atoms with Crippen LogP contribution in [-0.2, 0) is 5.41 Å². The first-order valence-corrected chi connectivity index (χ1v) is 8.58. The van der Waals surface area contributed by atoms with Gasteiger partial charge in [0, 0.05) is 17.3 Å². The second-order valence-electron chi connectivity index (χ2n) is 6.51. The summed E-state index contributed by atoms with van der Waals surface area (Å²) in [4.78, 5) is 0. The van der Waals surface area contributed by atoms with Crippen LogP contribution in [0.25, 0.3) is 0 Å². The molecule has 0 bridgehead atoms. The highest BCUT2D eigenvalue weighted by atomic mass is 32.2. The third-order valence-electron chi connectivity index (χ3n) is 3.83. The van der Waals surface area contributed by atoms with Crippen LogP contribution in [0.1, 0.15) is 51.8 Å². The zero-order chi connectivity index (χ0) is 15.3. The maximum atomic E-state index is 9.34. The Morgan fingerprint density at radius 2 is 1.70 bits per heavy atom. The zero-order valence-corrected chi connectivity index (χ0v) is 14.4. The Kier molecular flexibility index (Phi) is 6.56. The Labute approximate surface area is 128 Å². The van der Waals surface area contributed by atoms with Crippen LogP contribution >= 0.6 is 11.8 Å². The van der Waals surface area contributed by atoms with Gasteiger partial charge in [-0.15, -0.1) is 0 Å². The van der Waals surface area contributed by atoms with E-state index in [-0.39, 0.29) is 23.3 Å². The minimum Gasteiger partial charge on any atom is -0.395 e. The number of hydrogen-bond acceptors (Lipinski definition) is 3. The third kappa shape index (κ3) is 4.80. The molecule has 0 spiro atoms. The molecule has 2 nitrogen and oxygen atoms in total. The van der Waals surface area contributed by atoms with Gasteiger partial charge in [0.15, 0.2) is 0 Å². The summed E-state index contributed by atoms with van der Waals surface area (Å²) in [6.07, 6.45) is 2.04. The molecule has 0 radical (unpaired) electrons. The van der Waals surface area contributed by atoms with Crippen molar-refractivity contribution in [3.05, 3.63) is 35.4 Å². The van der Waals surface area contributed by atoms with Crippen LogP contribution < -0.4 is 5.32 Å². The lowest BCUT2D eigenvalue weighted by Crippen LogP contribution is -2.38. The molecule has 0 saturated carbocycles. The summed E-state index contributed by atoms with van der Waals surface area (Å²) in [6, 6.07) is 9.43. The van der Waals surface area contributed by atoms with Gasteiger partial charge >= 0.3 is 0 Å². The van der Waals surface area contributed by atoms with Gasteiger partial charge in [-0.1, -0.05) is 45.0 Å². The van der Waals surface area contributed by atoms with Crippen molar-refractivity contribution < 1.29 is 5.11 Å². The fourth-order valence-electron chi connectivity index (χ4n) is 2.31. The van der Waals surface area contributed by atoms with E-state index in [0.717, 1.165) is 0 Å². The lowest BCUT2D eigenvalue weighted by Gasteiger charge is -2.26. The van der Waals surface area contributed by atoms with Gasteiger partial charge in [-0.25, -0.2) is 0 Å². The van der Waals surface area contributed by atoms with E-state index in [0.29, 0.717) is 6.04 Å². The van der Waals surface area contributed by atoms with Crippen molar-refractivity contribution in [2.45, 2.75) is 57.4 Å². The van der Waals surface area contributed by atoms with E-state index >= 15 is 0 Å². The lowest BCUT2D eigenvalue weighted by atomic mass is 9.86. The summed E-state index contributed by atoms with van der Waals surface area (Å²) in [7, 11) is 0. The molecule has 2 N–H and O–H groups in total. The maximum Gasteiger partial charge on any atom is 0.0564 e. The Bertz CT molecular complexity index is 392. The lowest BCUT2D eigenvalue weighted by molar-refractivity contribution is 0.272. The number of benzene rings is 1. The van der Waals surface area contributed by atoms with Gasteiger partial charge in [0.25, 0.3) is 0 Å². The van der Waals surface area contributed by atoms with E-state index in [9.17, 15) is 5.11 Å².